The number of hydrogen-bond donors (Lipinski definition) is 1. The highest BCUT2D eigenvalue weighted by molar-refractivity contribution is 7.88. The fourth-order valence-electron chi connectivity index (χ4n) is 6.02. The Balaban J connectivity index is 0.000000176. The number of hydrogen-bond acceptors (Lipinski definition) is 4. The van der Waals surface area contributed by atoms with Crippen LogP contribution in [-0.4, -0.2) is 62.9 Å². The molecule has 254 valence electrons. The summed E-state index contributed by atoms with van der Waals surface area (Å²) in [6, 6.07) is 26.1. The summed E-state index contributed by atoms with van der Waals surface area (Å²) >= 11 is 0. The molecule has 46 heavy (non-hydrogen) atoms. The van der Waals surface area contributed by atoms with Gasteiger partial charge in [0, 0.05) is 26.2 Å². The summed E-state index contributed by atoms with van der Waals surface area (Å²) < 4.78 is 26.7. The van der Waals surface area contributed by atoms with Crippen LogP contribution in [0.1, 0.15) is 90.7 Å². The zero-order valence-electron chi connectivity index (χ0n) is 29.3. The van der Waals surface area contributed by atoms with Crippen molar-refractivity contribution < 1.29 is 8.42 Å². The van der Waals surface area contributed by atoms with Gasteiger partial charge >= 0.3 is 0 Å². The van der Waals surface area contributed by atoms with E-state index in [0.29, 0.717) is 19.0 Å². The first-order valence-electron chi connectivity index (χ1n) is 17.2. The lowest BCUT2D eigenvalue weighted by Crippen LogP contribution is -2.37. The summed E-state index contributed by atoms with van der Waals surface area (Å²) in [6.07, 6.45) is 8.49. The molecule has 3 aliphatic heterocycles. The lowest BCUT2D eigenvalue weighted by Gasteiger charge is -2.30. The van der Waals surface area contributed by atoms with Gasteiger partial charge in [0.1, 0.15) is 0 Å². The van der Waals surface area contributed by atoms with Crippen molar-refractivity contribution in [2.24, 2.45) is 5.92 Å². The Bertz CT molecular complexity index is 1330. The first-order chi connectivity index (χ1) is 21.9. The molecule has 1 unspecified atom stereocenters. The van der Waals surface area contributed by atoms with Crippen LogP contribution in [0.15, 0.2) is 72.8 Å². The van der Waals surface area contributed by atoms with Crippen molar-refractivity contribution in [3.63, 3.8) is 0 Å². The van der Waals surface area contributed by atoms with Gasteiger partial charge in [-0.05, 0) is 108 Å². The Hall–Kier alpha value is -2.08. The van der Waals surface area contributed by atoms with E-state index in [2.05, 4.69) is 127 Å². The fourth-order valence-corrected chi connectivity index (χ4v) is 7.19. The molecule has 3 fully saturated rings. The van der Waals surface area contributed by atoms with Gasteiger partial charge in [0.15, 0.2) is 0 Å². The molecule has 1 atom stereocenters. The van der Waals surface area contributed by atoms with Gasteiger partial charge in [-0.1, -0.05) is 111 Å². The summed E-state index contributed by atoms with van der Waals surface area (Å²) in [5.41, 5.74) is 8.14. The van der Waals surface area contributed by atoms with E-state index in [1.165, 1.54) is 91.5 Å². The van der Waals surface area contributed by atoms with Gasteiger partial charge < -0.3 is 5.32 Å². The van der Waals surface area contributed by atoms with Gasteiger partial charge in [0.25, 0.3) is 0 Å². The molecule has 3 aromatic rings. The average molecular weight is 666 g/mol. The molecule has 7 heteroatoms. The molecule has 3 aromatic carbocycles. The number of aryl methyl sites for hydroxylation is 4. The molecular weight excluding hydrogens is 605 g/mol. The molecule has 1 N–H and O–H groups in total. The maximum absolute atomic E-state index is 11.4. The highest BCUT2D eigenvalue weighted by atomic mass is 32.2. The van der Waals surface area contributed by atoms with Crippen molar-refractivity contribution >= 4 is 19.4 Å². The van der Waals surface area contributed by atoms with E-state index < -0.39 is 10.0 Å². The fraction of sp³-hybridized carbons (Fsp3) is 0.538. The molecule has 3 aliphatic rings. The maximum atomic E-state index is 11.4. The first-order valence-corrected chi connectivity index (χ1v) is 19.6. The lowest BCUT2D eigenvalue weighted by molar-refractivity contribution is 0.307. The molecule has 5 nitrogen and oxygen atoms in total. The van der Waals surface area contributed by atoms with E-state index in [4.69, 9.17) is 0 Å². The third-order valence-corrected chi connectivity index (χ3v) is 11.2. The van der Waals surface area contributed by atoms with Crippen molar-refractivity contribution in [3.8, 4) is 0 Å². The Morgan fingerprint density at radius 1 is 0.587 bits per heavy atom. The van der Waals surface area contributed by atoms with E-state index in [0.717, 1.165) is 24.7 Å². The van der Waals surface area contributed by atoms with E-state index in [1.54, 1.807) is 4.31 Å². The van der Waals surface area contributed by atoms with Gasteiger partial charge in [-0.25, -0.2) is 12.7 Å². The molecule has 0 saturated carbocycles. The maximum Gasteiger partial charge on any atom is 0.211 e. The van der Waals surface area contributed by atoms with Crippen molar-refractivity contribution in [2.75, 3.05) is 45.5 Å². The number of sulfonamides is 1. The van der Waals surface area contributed by atoms with Crippen LogP contribution in [0.3, 0.4) is 0 Å². The predicted molar refractivity (Wildman–Crippen MR) is 201 cm³/mol. The second kappa shape index (κ2) is 19.7. The Kier molecular flexibility index (Phi) is 16.4. The van der Waals surface area contributed by atoms with Gasteiger partial charge in [0.2, 0.25) is 10.0 Å². The molecule has 0 aliphatic carbocycles. The van der Waals surface area contributed by atoms with Crippen LogP contribution in [0.5, 0.6) is 0 Å². The number of nitrogens with one attached hydrogen (secondary N) is 1. The van der Waals surface area contributed by atoms with Crippen LogP contribution in [0.25, 0.3) is 0 Å². The van der Waals surface area contributed by atoms with E-state index in [9.17, 15) is 8.42 Å². The SMILES string of the molecule is CC1CCN(P)CC1.Cc1ccc(C)cc1.Cc1ccc(C2CCN(S(C)(=O)=O)CC2)cc1.Cc1ccc(C2CCNCC2)cc1. The quantitative estimate of drug-likeness (QED) is 0.286. The highest BCUT2D eigenvalue weighted by Gasteiger charge is 2.25. The van der Waals surface area contributed by atoms with Gasteiger partial charge in [-0.15, -0.1) is 0 Å². The largest absolute Gasteiger partial charge is 0.317 e. The zero-order chi connectivity index (χ0) is 33.5. The normalized spacial score (nSPS) is 18.7. The van der Waals surface area contributed by atoms with Gasteiger partial charge in [-0.3, -0.25) is 4.67 Å². The van der Waals surface area contributed by atoms with Crippen molar-refractivity contribution in [1.29, 1.82) is 0 Å². The van der Waals surface area contributed by atoms with Crippen molar-refractivity contribution in [2.45, 2.75) is 85.0 Å². The number of benzene rings is 3. The van der Waals surface area contributed by atoms with Crippen LogP contribution in [-0.2, 0) is 10.0 Å². The molecule has 6 rings (SSSR count). The summed E-state index contributed by atoms with van der Waals surface area (Å²) in [6.45, 7) is 16.9. The molecule has 0 aromatic heterocycles. The zero-order valence-corrected chi connectivity index (χ0v) is 31.3. The van der Waals surface area contributed by atoms with E-state index in [1.807, 2.05) is 0 Å². The monoisotopic (exact) mass is 665 g/mol. The van der Waals surface area contributed by atoms with Crippen molar-refractivity contribution in [3.05, 3.63) is 106 Å². The van der Waals surface area contributed by atoms with Crippen LogP contribution in [0, 0.1) is 33.6 Å². The van der Waals surface area contributed by atoms with Gasteiger partial charge in [0.05, 0.1) is 6.26 Å². The van der Waals surface area contributed by atoms with Gasteiger partial charge in [-0.2, -0.15) is 0 Å². The Morgan fingerprint density at radius 3 is 1.28 bits per heavy atom. The van der Waals surface area contributed by atoms with Crippen LogP contribution in [0.2, 0.25) is 0 Å². The molecular formula is C39H60N3O2PS. The first kappa shape index (κ1) is 38.4. The number of nitrogens with zero attached hydrogens (tertiary/aromatic N) is 2. The number of rotatable bonds is 3. The molecule has 0 radical (unpaired) electrons. The topological polar surface area (TPSA) is 52.7 Å². The minimum Gasteiger partial charge on any atom is -0.317 e. The Morgan fingerprint density at radius 2 is 0.935 bits per heavy atom. The third kappa shape index (κ3) is 14.4. The minimum atomic E-state index is -3.00. The lowest BCUT2D eigenvalue weighted by atomic mass is 9.90. The molecule has 3 saturated heterocycles. The minimum absolute atomic E-state index is 0.508. The summed E-state index contributed by atoms with van der Waals surface area (Å²) in [7, 11) is -0.250. The average Bonchev–Trinajstić information content (AvgIpc) is 3.06. The molecule has 3 heterocycles. The summed E-state index contributed by atoms with van der Waals surface area (Å²) in [4.78, 5) is 0. The molecule has 0 amide bonds. The smallest absolute Gasteiger partial charge is 0.211 e. The standard InChI is InChI=1S/C13H19NO2S.C12H17N.C8H10.C6H14NP/c1-11-3-5-12(6-4-11)13-7-9-14(10-8-13)17(2,15)16;1-10-2-4-11(5-3-10)12-6-8-13-9-7-12;1-7-3-5-8(2)6-4-7;1-6-2-4-7(8)5-3-6/h3-6,13H,7-10H2,1-2H3;2-5,12-13H,6-9H2,1H3;3-6H,1-2H3;6H,2-5,8H2,1H3. The van der Waals surface area contributed by atoms with E-state index >= 15 is 0 Å². The molecule has 0 bridgehead atoms. The van der Waals surface area contributed by atoms with Crippen molar-refractivity contribution in [1.82, 2.24) is 14.3 Å². The molecule has 0 spiro atoms. The van der Waals surface area contributed by atoms with Crippen LogP contribution < -0.4 is 5.32 Å². The van der Waals surface area contributed by atoms with Crippen LogP contribution in [0.4, 0.5) is 0 Å². The summed E-state index contributed by atoms with van der Waals surface area (Å²) in [5, 5.41) is 3.40. The van der Waals surface area contributed by atoms with Crippen LogP contribution >= 0.6 is 9.39 Å². The number of piperidine rings is 3. The highest BCUT2D eigenvalue weighted by Crippen LogP contribution is 2.29. The third-order valence-electron chi connectivity index (χ3n) is 9.40. The second-order valence-electron chi connectivity index (χ2n) is 13.7. The second-order valence-corrected chi connectivity index (χ2v) is 16.4. The Labute approximate surface area is 283 Å². The summed E-state index contributed by atoms with van der Waals surface area (Å²) in [5.74, 6) is 2.27. The van der Waals surface area contributed by atoms with E-state index in [-0.39, 0.29) is 0 Å². The predicted octanol–water partition coefficient (Wildman–Crippen LogP) is 8.41.